The van der Waals surface area contributed by atoms with Crippen molar-refractivity contribution in [3.05, 3.63) is 0 Å². The molecule has 0 aliphatic heterocycles. The summed E-state index contributed by atoms with van der Waals surface area (Å²) in [5.41, 5.74) is 0. The first kappa shape index (κ1) is 10.3. The second-order valence-corrected chi connectivity index (χ2v) is 3.61. The maximum Gasteiger partial charge on any atom is 0.407 e. The molecule has 0 atom stereocenters. The molecule has 4 heteroatoms. The van der Waals surface area contributed by atoms with Crippen molar-refractivity contribution in [3.8, 4) is 0 Å². The molecule has 0 saturated heterocycles. The number of alkyl carbamates (subject to hydrolysis) is 1. The Morgan fingerprint density at radius 2 is 2.15 bits per heavy atom. The van der Waals surface area contributed by atoms with E-state index in [1.54, 1.807) is 0 Å². The molecule has 1 aliphatic carbocycles. The van der Waals surface area contributed by atoms with Gasteiger partial charge in [0.2, 0.25) is 0 Å². The molecule has 0 heterocycles. The van der Waals surface area contributed by atoms with Crippen LogP contribution in [0.15, 0.2) is 0 Å². The molecule has 0 bridgehead atoms. The number of ether oxygens (including phenoxy) is 1. The molecule has 0 unspecified atom stereocenters. The van der Waals surface area contributed by atoms with Crippen LogP contribution in [0.5, 0.6) is 0 Å². The number of amides is 1. The molecule has 13 heavy (non-hydrogen) atoms. The van der Waals surface area contributed by atoms with E-state index in [1.165, 1.54) is 12.8 Å². The fourth-order valence-electron chi connectivity index (χ4n) is 0.984. The second-order valence-electron chi connectivity index (χ2n) is 3.61. The zero-order chi connectivity index (χ0) is 9.68. The van der Waals surface area contributed by atoms with E-state index in [-0.39, 0.29) is 12.2 Å². The highest BCUT2D eigenvalue weighted by Gasteiger charge is 2.19. The zero-order valence-electron chi connectivity index (χ0n) is 8.30. The number of nitrogens with one attached hydrogen (secondary N) is 2. The van der Waals surface area contributed by atoms with E-state index in [0.717, 1.165) is 6.54 Å². The summed E-state index contributed by atoms with van der Waals surface area (Å²) in [5, 5.41) is 5.97. The van der Waals surface area contributed by atoms with Crippen molar-refractivity contribution in [3.63, 3.8) is 0 Å². The number of hydrogen-bond acceptors (Lipinski definition) is 3. The molecule has 0 aromatic rings. The summed E-state index contributed by atoms with van der Waals surface area (Å²) in [6.07, 6.45) is 2.18. The minimum Gasteiger partial charge on any atom is -0.447 e. The summed E-state index contributed by atoms with van der Waals surface area (Å²) in [4.78, 5) is 11.0. The van der Waals surface area contributed by atoms with Crippen molar-refractivity contribution in [2.24, 2.45) is 0 Å². The molecule has 1 saturated carbocycles. The van der Waals surface area contributed by atoms with Crippen LogP contribution in [-0.2, 0) is 4.74 Å². The van der Waals surface area contributed by atoms with Gasteiger partial charge in [-0.3, -0.25) is 0 Å². The van der Waals surface area contributed by atoms with Crippen LogP contribution in [0.1, 0.15) is 26.7 Å². The molecule has 0 radical (unpaired) electrons. The number of hydrogen-bond donors (Lipinski definition) is 2. The third kappa shape index (κ3) is 5.47. The minimum absolute atomic E-state index is 0.0450. The number of carbonyl (C=O) groups excluding carboxylic acids is 1. The lowest BCUT2D eigenvalue weighted by atomic mass is 10.5. The maximum absolute atomic E-state index is 11.0. The third-order valence-corrected chi connectivity index (χ3v) is 1.75. The van der Waals surface area contributed by atoms with Gasteiger partial charge in [-0.25, -0.2) is 4.79 Å². The Hall–Kier alpha value is -0.770. The Morgan fingerprint density at radius 3 is 2.69 bits per heavy atom. The van der Waals surface area contributed by atoms with Gasteiger partial charge in [0, 0.05) is 19.1 Å². The van der Waals surface area contributed by atoms with Crippen molar-refractivity contribution in [1.82, 2.24) is 10.6 Å². The van der Waals surface area contributed by atoms with Crippen LogP contribution in [-0.4, -0.2) is 31.3 Å². The van der Waals surface area contributed by atoms with E-state index in [0.29, 0.717) is 12.6 Å². The lowest BCUT2D eigenvalue weighted by Gasteiger charge is -2.09. The van der Waals surface area contributed by atoms with Gasteiger partial charge in [0.25, 0.3) is 0 Å². The summed E-state index contributed by atoms with van der Waals surface area (Å²) in [5.74, 6) is 0. The Morgan fingerprint density at radius 1 is 1.46 bits per heavy atom. The van der Waals surface area contributed by atoms with Crippen LogP contribution >= 0.6 is 0 Å². The molecule has 0 aromatic heterocycles. The van der Waals surface area contributed by atoms with Crippen molar-refractivity contribution in [2.45, 2.75) is 38.8 Å². The van der Waals surface area contributed by atoms with Gasteiger partial charge < -0.3 is 15.4 Å². The molecular formula is C9H18N2O2. The summed E-state index contributed by atoms with van der Waals surface area (Å²) in [6.45, 7) is 5.14. The van der Waals surface area contributed by atoms with E-state index < -0.39 is 0 Å². The lowest BCUT2D eigenvalue weighted by Crippen LogP contribution is -2.34. The molecule has 2 N–H and O–H groups in total. The standard InChI is InChI=1S/C9H18N2O2/c1-7(2)13-9(12)11-6-5-10-8-3-4-8/h7-8,10H,3-6H2,1-2H3,(H,11,12). The van der Waals surface area contributed by atoms with Crippen LogP contribution in [0.4, 0.5) is 4.79 Å². The maximum atomic E-state index is 11.0. The van der Waals surface area contributed by atoms with Crippen LogP contribution in [0.3, 0.4) is 0 Å². The Balaban J connectivity index is 1.88. The highest BCUT2D eigenvalue weighted by atomic mass is 16.6. The molecule has 4 nitrogen and oxygen atoms in total. The quantitative estimate of drug-likeness (QED) is 0.626. The predicted octanol–water partition coefficient (Wildman–Crippen LogP) is 0.873. The van der Waals surface area contributed by atoms with Gasteiger partial charge >= 0.3 is 6.09 Å². The lowest BCUT2D eigenvalue weighted by molar-refractivity contribution is 0.115. The van der Waals surface area contributed by atoms with Crippen molar-refractivity contribution in [2.75, 3.05) is 13.1 Å². The van der Waals surface area contributed by atoms with E-state index in [2.05, 4.69) is 10.6 Å². The Kier molecular flexibility index (Phi) is 4.02. The fourth-order valence-corrected chi connectivity index (χ4v) is 0.984. The molecule has 1 aliphatic rings. The first-order chi connectivity index (χ1) is 6.18. The molecule has 0 spiro atoms. The second kappa shape index (κ2) is 5.07. The number of rotatable bonds is 5. The van der Waals surface area contributed by atoms with E-state index in [1.807, 2.05) is 13.8 Å². The highest BCUT2D eigenvalue weighted by Crippen LogP contribution is 2.17. The van der Waals surface area contributed by atoms with Crippen molar-refractivity contribution < 1.29 is 9.53 Å². The van der Waals surface area contributed by atoms with E-state index in [4.69, 9.17) is 4.74 Å². The average Bonchev–Trinajstić information content (AvgIpc) is 2.80. The molecular weight excluding hydrogens is 168 g/mol. The normalized spacial score (nSPS) is 15.9. The van der Waals surface area contributed by atoms with Crippen LogP contribution < -0.4 is 10.6 Å². The van der Waals surface area contributed by atoms with Crippen molar-refractivity contribution in [1.29, 1.82) is 0 Å². The smallest absolute Gasteiger partial charge is 0.407 e. The van der Waals surface area contributed by atoms with Gasteiger partial charge in [0.15, 0.2) is 0 Å². The van der Waals surface area contributed by atoms with Crippen LogP contribution in [0.2, 0.25) is 0 Å². The summed E-state index contributed by atoms with van der Waals surface area (Å²) in [6, 6.07) is 0.697. The van der Waals surface area contributed by atoms with Gasteiger partial charge in [-0.1, -0.05) is 0 Å². The molecule has 1 amide bonds. The van der Waals surface area contributed by atoms with E-state index >= 15 is 0 Å². The van der Waals surface area contributed by atoms with Gasteiger partial charge in [-0.2, -0.15) is 0 Å². The van der Waals surface area contributed by atoms with Gasteiger partial charge in [0.05, 0.1) is 6.10 Å². The van der Waals surface area contributed by atoms with E-state index in [9.17, 15) is 4.79 Å². The Bertz CT molecular complexity index is 167. The molecule has 0 aromatic carbocycles. The minimum atomic E-state index is -0.326. The first-order valence-electron chi connectivity index (χ1n) is 4.86. The van der Waals surface area contributed by atoms with Crippen LogP contribution in [0, 0.1) is 0 Å². The fraction of sp³-hybridized carbons (Fsp3) is 0.889. The third-order valence-electron chi connectivity index (χ3n) is 1.75. The summed E-state index contributed by atoms with van der Waals surface area (Å²) in [7, 11) is 0. The summed E-state index contributed by atoms with van der Waals surface area (Å²) >= 11 is 0. The zero-order valence-corrected chi connectivity index (χ0v) is 8.30. The van der Waals surface area contributed by atoms with Crippen LogP contribution in [0.25, 0.3) is 0 Å². The van der Waals surface area contributed by atoms with Crippen molar-refractivity contribution >= 4 is 6.09 Å². The monoisotopic (exact) mass is 186 g/mol. The highest BCUT2D eigenvalue weighted by molar-refractivity contribution is 5.67. The molecule has 1 fully saturated rings. The van der Waals surface area contributed by atoms with Gasteiger partial charge in [-0.05, 0) is 26.7 Å². The number of carbonyl (C=O) groups is 1. The average molecular weight is 186 g/mol. The SMILES string of the molecule is CC(C)OC(=O)NCCNC1CC1. The first-order valence-corrected chi connectivity index (χ1v) is 4.86. The van der Waals surface area contributed by atoms with Gasteiger partial charge in [-0.15, -0.1) is 0 Å². The molecule has 76 valence electrons. The predicted molar refractivity (Wildman–Crippen MR) is 50.6 cm³/mol. The molecule has 1 rings (SSSR count). The largest absolute Gasteiger partial charge is 0.447 e. The van der Waals surface area contributed by atoms with Gasteiger partial charge in [0.1, 0.15) is 0 Å². The Labute approximate surface area is 79.0 Å². The topological polar surface area (TPSA) is 50.4 Å². The summed E-state index contributed by atoms with van der Waals surface area (Å²) < 4.78 is 4.90.